The zero-order chi connectivity index (χ0) is 19.0. The molecular formula is C21H26N4O2. The number of rotatable bonds is 4. The highest BCUT2D eigenvalue weighted by atomic mass is 16.5. The van der Waals surface area contributed by atoms with E-state index in [4.69, 9.17) is 9.72 Å². The van der Waals surface area contributed by atoms with Crippen LogP contribution in [-0.4, -0.2) is 38.7 Å². The average Bonchev–Trinajstić information content (AvgIpc) is 2.88. The second-order valence-corrected chi connectivity index (χ2v) is 7.56. The molecule has 0 spiro atoms. The van der Waals surface area contributed by atoms with E-state index in [1.165, 1.54) is 5.56 Å². The van der Waals surface area contributed by atoms with Gasteiger partial charge in [0.25, 0.3) is 5.56 Å². The molecule has 142 valence electrons. The lowest BCUT2D eigenvalue weighted by Gasteiger charge is -2.20. The molecule has 0 radical (unpaired) electrons. The minimum Gasteiger partial charge on any atom is -0.491 e. The normalized spacial score (nSPS) is 15.1. The van der Waals surface area contributed by atoms with Crippen LogP contribution >= 0.6 is 0 Å². The van der Waals surface area contributed by atoms with E-state index in [2.05, 4.69) is 22.1 Å². The second-order valence-electron chi connectivity index (χ2n) is 7.56. The lowest BCUT2D eigenvalue weighted by Crippen LogP contribution is -2.26. The maximum absolute atomic E-state index is 12.8. The quantitative estimate of drug-likeness (QED) is 0.771. The summed E-state index contributed by atoms with van der Waals surface area (Å²) in [6, 6.07) is 10.2. The molecule has 2 aromatic heterocycles. The van der Waals surface area contributed by atoms with Gasteiger partial charge in [-0.1, -0.05) is 12.1 Å². The largest absolute Gasteiger partial charge is 0.491 e. The Balaban J connectivity index is 1.48. The van der Waals surface area contributed by atoms with Crippen molar-refractivity contribution in [3.05, 3.63) is 63.2 Å². The molecule has 1 N–H and O–H groups in total. The van der Waals surface area contributed by atoms with Crippen LogP contribution in [0.3, 0.4) is 0 Å². The van der Waals surface area contributed by atoms with Gasteiger partial charge in [-0.15, -0.1) is 0 Å². The molecule has 3 heterocycles. The van der Waals surface area contributed by atoms with Crippen LogP contribution in [-0.2, 0) is 19.4 Å². The van der Waals surface area contributed by atoms with Crippen LogP contribution in [0.2, 0.25) is 0 Å². The van der Waals surface area contributed by atoms with Gasteiger partial charge in [0.15, 0.2) is 5.65 Å². The molecule has 3 aromatic rings. The Bertz CT molecular complexity index is 1000. The smallest absolute Gasteiger partial charge is 0.276 e. The number of aromatic nitrogens is 3. The van der Waals surface area contributed by atoms with Crippen LogP contribution in [0.4, 0.5) is 0 Å². The van der Waals surface area contributed by atoms with E-state index in [-0.39, 0.29) is 11.7 Å². The zero-order valence-corrected chi connectivity index (χ0v) is 16.2. The molecule has 0 fully saturated rings. The molecule has 0 unspecified atom stereocenters. The van der Waals surface area contributed by atoms with E-state index in [1.54, 1.807) is 4.52 Å². The van der Waals surface area contributed by atoms with Gasteiger partial charge >= 0.3 is 0 Å². The maximum atomic E-state index is 12.8. The van der Waals surface area contributed by atoms with Crippen molar-refractivity contribution in [3.63, 3.8) is 0 Å². The summed E-state index contributed by atoms with van der Waals surface area (Å²) in [4.78, 5) is 19.9. The number of nitrogens with one attached hydrogen (secondary N) is 1. The number of nitrogens with zero attached hydrogens (tertiary/aromatic N) is 3. The molecule has 0 bridgehead atoms. The first kappa shape index (κ1) is 17.8. The van der Waals surface area contributed by atoms with Gasteiger partial charge in [-0.05, 0) is 44.9 Å². The summed E-state index contributed by atoms with van der Waals surface area (Å²) in [6.07, 6.45) is 1.72. The van der Waals surface area contributed by atoms with Crippen molar-refractivity contribution in [2.75, 3.05) is 13.1 Å². The molecule has 1 aliphatic rings. The van der Waals surface area contributed by atoms with Crippen molar-refractivity contribution >= 4 is 5.65 Å². The van der Waals surface area contributed by atoms with Crippen LogP contribution < -0.4 is 10.3 Å². The monoisotopic (exact) mass is 366 g/mol. The summed E-state index contributed by atoms with van der Waals surface area (Å²) in [6.45, 7) is 8.64. The molecule has 4 rings (SSSR count). The van der Waals surface area contributed by atoms with E-state index in [9.17, 15) is 4.79 Å². The van der Waals surface area contributed by atoms with Gasteiger partial charge in [-0.2, -0.15) is 0 Å². The third-order valence-electron chi connectivity index (χ3n) is 4.97. The number of benzene rings is 1. The Labute approximate surface area is 158 Å². The van der Waals surface area contributed by atoms with E-state index < -0.39 is 0 Å². The van der Waals surface area contributed by atoms with Crippen LogP contribution in [0.1, 0.15) is 36.4 Å². The molecule has 6 nitrogen and oxygen atoms in total. The van der Waals surface area contributed by atoms with Crippen LogP contribution in [0.25, 0.3) is 5.65 Å². The minimum atomic E-state index is 0.0418. The third-order valence-corrected chi connectivity index (χ3v) is 4.97. The molecule has 27 heavy (non-hydrogen) atoms. The fraction of sp³-hybridized carbons (Fsp3) is 0.429. The maximum Gasteiger partial charge on any atom is 0.276 e. The molecule has 0 aliphatic carbocycles. The van der Waals surface area contributed by atoms with E-state index in [0.29, 0.717) is 5.65 Å². The van der Waals surface area contributed by atoms with Gasteiger partial charge in [0.2, 0.25) is 0 Å². The van der Waals surface area contributed by atoms with E-state index in [1.807, 2.05) is 39.0 Å². The number of ether oxygens (including phenoxy) is 1. The van der Waals surface area contributed by atoms with Crippen molar-refractivity contribution in [1.29, 1.82) is 0 Å². The number of hydrogen-bond acceptors (Lipinski definition) is 4. The van der Waals surface area contributed by atoms with Crippen LogP contribution in [0.5, 0.6) is 5.75 Å². The lowest BCUT2D eigenvalue weighted by atomic mass is 10.1. The van der Waals surface area contributed by atoms with Crippen molar-refractivity contribution in [3.8, 4) is 5.75 Å². The summed E-state index contributed by atoms with van der Waals surface area (Å²) in [5, 5.41) is 3.08. The van der Waals surface area contributed by atoms with Gasteiger partial charge in [0.1, 0.15) is 5.75 Å². The van der Waals surface area contributed by atoms with E-state index >= 15 is 0 Å². The Morgan fingerprint density at radius 3 is 2.67 bits per heavy atom. The Kier molecular flexibility index (Phi) is 4.74. The van der Waals surface area contributed by atoms with Crippen molar-refractivity contribution in [2.24, 2.45) is 0 Å². The molecular weight excluding hydrogens is 340 g/mol. The third kappa shape index (κ3) is 3.76. The second kappa shape index (κ2) is 7.19. The molecule has 0 amide bonds. The van der Waals surface area contributed by atoms with Crippen molar-refractivity contribution < 1.29 is 4.74 Å². The Hall–Kier alpha value is -2.60. The molecule has 1 aromatic carbocycles. The number of hydrogen-bond donors (Lipinski definition) is 1. The summed E-state index contributed by atoms with van der Waals surface area (Å²) in [5.41, 5.74) is 4.75. The minimum absolute atomic E-state index is 0.0418. The summed E-state index contributed by atoms with van der Waals surface area (Å²) in [7, 11) is 0. The average molecular weight is 366 g/mol. The van der Waals surface area contributed by atoms with Crippen molar-refractivity contribution in [1.82, 2.24) is 19.5 Å². The van der Waals surface area contributed by atoms with E-state index in [0.717, 1.165) is 55.2 Å². The molecule has 0 saturated heterocycles. The standard InChI is InChI=1S/C21H26N4O2/c1-14(2)27-17-6-4-16(5-7-17)13-24-10-8-18-19(9-11-24)22-20-12-15(3)23-25(20)21(18)26/h4-7,12,14,23H,8-11,13H2,1-3H3. The molecule has 6 heteroatoms. The molecule has 0 saturated carbocycles. The summed E-state index contributed by atoms with van der Waals surface area (Å²) >= 11 is 0. The number of aromatic amines is 1. The highest BCUT2D eigenvalue weighted by molar-refractivity contribution is 5.42. The Morgan fingerprint density at radius 1 is 1.19 bits per heavy atom. The van der Waals surface area contributed by atoms with Crippen molar-refractivity contribution in [2.45, 2.75) is 46.3 Å². The van der Waals surface area contributed by atoms with Crippen LogP contribution in [0, 0.1) is 6.92 Å². The van der Waals surface area contributed by atoms with Gasteiger partial charge in [0, 0.05) is 43.4 Å². The first-order valence-corrected chi connectivity index (χ1v) is 9.57. The highest BCUT2D eigenvalue weighted by Gasteiger charge is 2.20. The van der Waals surface area contributed by atoms with Gasteiger partial charge < -0.3 is 4.74 Å². The lowest BCUT2D eigenvalue weighted by molar-refractivity contribution is 0.242. The van der Waals surface area contributed by atoms with Gasteiger partial charge in [-0.25, -0.2) is 9.50 Å². The predicted octanol–water partition coefficient (Wildman–Crippen LogP) is 2.72. The van der Waals surface area contributed by atoms with Gasteiger partial charge in [0.05, 0.1) is 11.8 Å². The van der Waals surface area contributed by atoms with Gasteiger partial charge in [-0.3, -0.25) is 14.8 Å². The first-order valence-electron chi connectivity index (χ1n) is 9.57. The SMILES string of the molecule is Cc1cc2nc3c(c(=O)n2[nH]1)CCN(Cc1ccc(OC(C)C)cc1)CC3. The summed E-state index contributed by atoms with van der Waals surface area (Å²) in [5.74, 6) is 0.902. The fourth-order valence-corrected chi connectivity index (χ4v) is 3.69. The molecule has 0 atom stereocenters. The fourth-order valence-electron chi connectivity index (χ4n) is 3.69. The highest BCUT2D eigenvalue weighted by Crippen LogP contribution is 2.18. The zero-order valence-electron chi connectivity index (χ0n) is 16.2. The van der Waals surface area contributed by atoms with Crippen LogP contribution in [0.15, 0.2) is 35.1 Å². The number of fused-ring (bicyclic) bond motifs is 2. The first-order chi connectivity index (χ1) is 13.0. The topological polar surface area (TPSA) is 62.6 Å². The number of H-pyrrole nitrogens is 1. The molecule has 1 aliphatic heterocycles. The summed E-state index contributed by atoms with van der Waals surface area (Å²) < 4.78 is 7.28. The predicted molar refractivity (Wildman–Crippen MR) is 105 cm³/mol. The number of aryl methyl sites for hydroxylation is 1. The Morgan fingerprint density at radius 2 is 1.93 bits per heavy atom.